The number of amides is 1. The van der Waals surface area contributed by atoms with Crippen molar-refractivity contribution in [2.45, 2.75) is 38.7 Å². The van der Waals surface area contributed by atoms with Gasteiger partial charge in [0, 0.05) is 19.2 Å². The molecule has 0 unspecified atom stereocenters. The molecule has 3 rings (SSSR count). The lowest BCUT2D eigenvalue weighted by Gasteiger charge is -2.34. The van der Waals surface area contributed by atoms with E-state index >= 15 is 0 Å². The third-order valence-corrected chi connectivity index (χ3v) is 5.26. The molecular formula is C23H29NO3. The van der Waals surface area contributed by atoms with Crippen LogP contribution >= 0.6 is 0 Å². The zero-order chi connectivity index (χ0) is 19.1. The molecule has 4 heteroatoms. The van der Waals surface area contributed by atoms with Crippen LogP contribution in [0.2, 0.25) is 0 Å². The number of piperidine rings is 1. The van der Waals surface area contributed by atoms with Crippen LogP contribution in [0.4, 0.5) is 0 Å². The fourth-order valence-electron chi connectivity index (χ4n) is 3.66. The maximum absolute atomic E-state index is 12.9. The number of ether oxygens (including phenoxy) is 2. The molecule has 1 heterocycles. The van der Waals surface area contributed by atoms with Crippen molar-refractivity contribution in [2.24, 2.45) is 5.92 Å². The molecule has 1 fully saturated rings. The summed E-state index contributed by atoms with van der Waals surface area (Å²) in [7, 11) is 1.63. The first-order valence-electron chi connectivity index (χ1n) is 9.83. The second-order valence-corrected chi connectivity index (χ2v) is 7.15. The zero-order valence-corrected chi connectivity index (χ0v) is 16.3. The summed E-state index contributed by atoms with van der Waals surface area (Å²) in [6.45, 7) is 3.62. The summed E-state index contributed by atoms with van der Waals surface area (Å²) in [5, 5.41) is 0. The van der Waals surface area contributed by atoms with E-state index in [4.69, 9.17) is 9.47 Å². The van der Waals surface area contributed by atoms with E-state index in [9.17, 15) is 4.79 Å². The van der Waals surface area contributed by atoms with E-state index in [1.165, 1.54) is 5.56 Å². The maximum atomic E-state index is 12.9. The predicted molar refractivity (Wildman–Crippen MR) is 107 cm³/mol. The maximum Gasteiger partial charge on any atom is 0.263 e. The number of nitrogens with zero attached hydrogens (tertiary/aromatic N) is 1. The van der Waals surface area contributed by atoms with Gasteiger partial charge in [0.1, 0.15) is 11.5 Å². The van der Waals surface area contributed by atoms with Gasteiger partial charge in [-0.3, -0.25) is 4.79 Å². The lowest BCUT2D eigenvalue weighted by molar-refractivity contribution is -0.140. The van der Waals surface area contributed by atoms with Gasteiger partial charge in [-0.25, -0.2) is 0 Å². The zero-order valence-electron chi connectivity index (χ0n) is 16.3. The van der Waals surface area contributed by atoms with Crippen LogP contribution in [-0.4, -0.2) is 37.1 Å². The van der Waals surface area contributed by atoms with Gasteiger partial charge in [0.05, 0.1) is 7.11 Å². The fourth-order valence-corrected chi connectivity index (χ4v) is 3.66. The summed E-state index contributed by atoms with van der Waals surface area (Å²) in [5.41, 5.74) is 1.38. The van der Waals surface area contributed by atoms with Crippen molar-refractivity contribution < 1.29 is 14.3 Å². The van der Waals surface area contributed by atoms with Gasteiger partial charge in [0.15, 0.2) is 6.10 Å². The van der Waals surface area contributed by atoms with Gasteiger partial charge >= 0.3 is 0 Å². The minimum atomic E-state index is -0.442. The number of carbonyl (C=O) groups is 1. The molecule has 0 saturated carbocycles. The molecule has 1 aliphatic heterocycles. The fraction of sp³-hybridized carbons (Fsp3) is 0.435. The smallest absolute Gasteiger partial charge is 0.263 e. The second kappa shape index (κ2) is 9.45. The monoisotopic (exact) mass is 367 g/mol. The number of hydrogen-bond acceptors (Lipinski definition) is 3. The van der Waals surface area contributed by atoms with Gasteiger partial charge in [0.2, 0.25) is 0 Å². The minimum Gasteiger partial charge on any atom is -0.497 e. The summed E-state index contributed by atoms with van der Waals surface area (Å²) < 4.78 is 11.2. The number of carbonyl (C=O) groups excluding carboxylic acids is 1. The van der Waals surface area contributed by atoms with Crippen LogP contribution in [0.25, 0.3) is 0 Å². The van der Waals surface area contributed by atoms with E-state index < -0.39 is 6.10 Å². The van der Waals surface area contributed by atoms with Crippen molar-refractivity contribution in [2.75, 3.05) is 20.2 Å². The predicted octanol–water partition coefficient (Wildman–Crippen LogP) is 4.33. The van der Waals surface area contributed by atoms with Crippen molar-refractivity contribution in [3.8, 4) is 11.5 Å². The molecule has 0 aromatic heterocycles. The lowest BCUT2D eigenvalue weighted by atomic mass is 9.90. The minimum absolute atomic E-state index is 0.0958. The first kappa shape index (κ1) is 19.3. The van der Waals surface area contributed by atoms with Gasteiger partial charge < -0.3 is 14.4 Å². The van der Waals surface area contributed by atoms with Gasteiger partial charge in [0.25, 0.3) is 5.91 Å². The molecule has 1 aliphatic rings. The Kier molecular flexibility index (Phi) is 6.74. The van der Waals surface area contributed by atoms with Gasteiger partial charge in [-0.15, -0.1) is 0 Å². The quantitative estimate of drug-likeness (QED) is 0.731. The summed E-state index contributed by atoms with van der Waals surface area (Å²) in [6, 6.07) is 18.0. The van der Waals surface area contributed by atoms with E-state index in [-0.39, 0.29) is 5.91 Å². The average molecular weight is 367 g/mol. The van der Waals surface area contributed by atoms with Crippen LogP contribution in [0.1, 0.15) is 31.7 Å². The molecule has 0 radical (unpaired) electrons. The van der Waals surface area contributed by atoms with Crippen molar-refractivity contribution in [3.63, 3.8) is 0 Å². The van der Waals surface area contributed by atoms with Crippen molar-refractivity contribution in [3.05, 3.63) is 60.2 Å². The van der Waals surface area contributed by atoms with E-state index in [1.807, 2.05) is 36.1 Å². The molecule has 1 amide bonds. The number of hydrogen-bond donors (Lipinski definition) is 0. The highest BCUT2D eigenvalue weighted by atomic mass is 16.5. The van der Waals surface area contributed by atoms with E-state index in [0.29, 0.717) is 18.1 Å². The van der Waals surface area contributed by atoms with Crippen molar-refractivity contribution in [1.29, 1.82) is 0 Å². The molecule has 0 aliphatic carbocycles. The molecule has 144 valence electrons. The van der Waals surface area contributed by atoms with E-state index in [2.05, 4.69) is 30.3 Å². The molecular weight excluding hydrogens is 338 g/mol. The van der Waals surface area contributed by atoms with Crippen LogP contribution < -0.4 is 9.47 Å². The summed E-state index contributed by atoms with van der Waals surface area (Å²) >= 11 is 0. The van der Waals surface area contributed by atoms with E-state index in [0.717, 1.165) is 38.1 Å². The SMILES string of the molecule is CC[C@@H](Oc1cccc(OC)c1)C(=O)N1CCC(Cc2ccccc2)CC1. The third-order valence-electron chi connectivity index (χ3n) is 5.26. The Labute approximate surface area is 162 Å². The van der Waals surface area contributed by atoms with Gasteiger partial charge in [-0.2, -0.15) is 0 Å². The number of likely N-dealkylation sites (tertiary alicyclic amines) is 1. The molecule has 0 N–H and O–H groups in total. The highest BCUT2D eigenvalue weighted by Gasteiger charge is 2.28. The Hall–Kier alpha value is -2.49. The van der Waals surface area contributed by atoms with Crippen LogP contribution in [0.5, 0.6) is 11.5 Å². The molecule has 4 nitrogen and oxygen atoms in total. The van der Waals surface area contributed by atoms with Crippen LogP contribution in [-0.2, 0) is 11.2 Å². The Morgan fingerprint density at radius 2 is 1.78 bits per heavy atom. The largest absolute Gasteiger partial charge is 0.497 e. The Morgan fingerprint density at radius 3 is 2.44 bits per heavy atom. The average Bonchev–Trinajstić information content (AvgIpc) is 2.73. The van der Waals surface area contributed by atoms with Crippen molar-refractivity contribution >= 4 is 5.91 Å². The Morgan fingerprint density at radius 1 is 1.07 bits per heavy atom. The van der Waals surface area contributed by atoms with Crippen LogP contribution in [0, 0.1) is 5.92 Å². The Bertz CT molecular complexity index is 723. The normalized spacial score (nSPS) is 16.0. The third kappa shape index (κ3) is 5.25. The highest BCUT2D eigenvalue weighted by molar-refractivity contribution is 5.81. The van der Waals surface area contributed by atoms with Crippen molar-refractivity contribution in [1.82, 2.24) is 4.90 Å². The van der Waals surface area contributed by atoms with Gasteiger partial charge in [-0.05, 0) is 49.3 Å². The molecule has 27 heavy (non-hydrogen) atoms. The standard InChI is InChI=1S/C23H29NO3/c1-3-22(27-21-11-7-10-20(17-21)26-2)23(25)24-14-12-19(13-15-24)16-18-8-5-4-6-9-18/h4-11,17,19,22H,3,12-16H2,1-2H3/t22-/m1/s1. The van der Waals surface area contributed by atoms with Gasteiger partial charge in [-0.1, -0.05) is 43.3 Å². The molecule has 2 aromatic carbocycles. The topological polar surface area (TPSA) is 38.8 Å². The number of benzene rings is 2. The first-order valence-corrected chi connectivity index (χ1v) is 9.83. The molecule has 0 bridgehead atoms. The molecule has 1 saturated heterocycles. The van der Waals surface area contributed by atoms with Crippen LogP contribution in [0.15, 0.2) is 54.6 Å². The van der Waals surface area contributed by atoms with E-state index in [1.54, 1.807) is 7.11 Å². The number of rotatable bonds is 7. The summed E-state index contributed by atoms with van der Waals surface area (Å²) in [6.07, 6.45) is 3.41. The second-order valence-electron chi connectivity index (χ2n) is 7.15. The highest BCUT2D eigenvalue weighted by Crippen LogP contribution is 2.24. The van der Waals surface area contributed by atoms with Crippen LogP contribution in [0.3, 0.4) is 0 Å². The molecule has 0 spiro atoms. The summed E-state index contributed by atoms with van der Waals surface area (Å²) in [4.78, 5) is 14.9. The Balaban J connectivity index is 1.53. The lowest BCUT2D eigenvalue weighted by Crippen LogP contribution is -2.45. The first-order chi connectivity index (χ1) is 13.2. The molecule has 1 atom stereocenters. The summed E-state index contributed by atoms with van der Waals surface area (Å²) in [5.74, 6) is 2.15. The number of methoxy groups -OCH3 is 1. The molecule has 2 aromatic rings.